The van der Waals surface area contributed by atoms with E-state index in [4.69, 9.17) is 4.99 Å². The number of hydrogen-bond donors (Lipinski definition) is 1. The maximum Gasteiger partial charge on any atom is 0.269 e. The summed E-state index contributed by atoms with van der Waals surface area (Å²) in [5.74, 6) is -0.0633. The molecule has 2 heterocycles. The van der Waals surface area contributed by atoms with Crippen LogP contribution in [-0.4, -0.2) is 29.6 Å². The molecule has 0 aliphatic carbocycles. The second kappa shape index (κ2) is 11.2. The number of amidine groups is 1. The van der Waals surface area contributed by atoms with Crippen LogP contribution in [0.2, 0.25) is 0 Å². The quantitative estimate of drug-likeness (QED) is 0.266. The lowest BCUT2D eigenvalue weighted by atomic mass is 10.2. The molecule has 2 aliphatic rings. The summed E-state index contributed by atoms with van der Waals surface area (Å²) in [4.78, 5) is 24.5. The molecule has 1 N–H and O–H groups in total. The third-order valence-electron chi connectivity index (χ3n) is 6.17. The number of carbonyl (C=O) groups excluding carboxylic acids is 1. The van der Waals surface area contributed by atoms with Crippen LogP contribution in [0.4, 0.5) is 17.1 Å². The van der Waals surface area contributed by atoms with Gasteiger partial charge in [0.2, 0.25) is 0 Å². The van der Waals surface area contributed by atoms with Gasteiger partial charge in [-0.15, -0.1) is 0 Å². The summed E-state index contributed by atoms with van der Waals surface area (Å²) >= 11 is 3.01. The van der Waals surface area contributed by atoms with E-state index in [-0.39, 0.29) is 5.91 Å². The Balaban J connectivity index is 1.56. The summed E-state index contributed by atoms with van der Waals surface area (Å²) in [7, 11) is 2.00. The lowest BCUT2D eigenvalue weighted by Gasteiger charge is -2.17. The number of unbranched alkanes of at least 4 members (excludes halogenated alkanes) is 1. The predicted octanol–water partition coefficient (Wildman–Crippen LogP) is 6.94. The third kappa shape index (κ3) is 5.24. The number of carbonyl (C=O) groups is 1. The summed E-state index contributed by atoms with van der Waals surface area (Å²) in [6, 6.07) is 25.8. The Hall–Kier alpha value is -3.67. The zero-order valence-electron chi connectivity index (χ0n) is 20.8. The molecule has 0 aromatic heterocycles. The van der Waals surface area contributed by atoms with E-state index in [0.717, 1.165) is 46.2 Å². The number of hydrogen-bond acceptors (Lipinski definition) is 7. The van der Waals surface area contributed by atoms with Crippen LogP contribution in [0.5, 0.6) is 0 Å². The number of nitriles is 1. The summed E-state index contributed by atoms with van der Waals surface area (Å²) in [5, 5.41) is 14.5. The van der Waals surface area contributed by atoms with Crippen molar-refractivity contribution in [2.45, 2.75) is 31.2 Å². The van der Waals surface area contributed by atoms with Crippen LogP contribution in [0.25, 0.3) is 0 Å². The van der Waals surface area contributed by atoms with Crippen molar-refractivity contribution in [3.8, 4) is 6.07 Å². The third-order valence-corrected chi connectivity index (χ3v) is 8.60. The molecule has 186 valence electrons. The van der Waals surface area contributed by atoms with E-state index in [1.165, 1.54) is 11.8 Å². The largest absolute Gasteiger partial charge is 0.383 e. The van der Waals surface area contributed by atoms with Crippen molar-refractivity contribution in [3.05, 3.63) is 93.9 Å². The molecule has 0 bridgehead atoms. The number of para-hydroxylation sites is 1. The normalized spacial score (nSPS) is 17.9. The molecule has 3 aromatic carbocycles. The molecule has 5 rings (SSSR count). The van der Waals surface area contributed by atoms with E-state index in [0.29, 0.717) is 27.9 Å². The Morgan fingerprint density at radius 3 is 2.57 bits per heavy atom. The number of fused-ring (bicyclic) bond motifs is 1. The van der Waals surface area contributed by atoms with Crippen molar-refractivity contribution in [3.63, 3.8) is 0 Å². The van der Waals surface area contributed by atoms with Crippen LogP contribution >= 0.6 is 23.5 Å². The van der Waals surface area contributed by atoms with Crippen LogP contribution < -0.4 is 10.2 Å². The molecular formula is C29H27N5OS2. The highest BCUT2D eigenvalue weighted by molar-refractivity contribution is 8.19. The molecule has 1 fully saturated rings. The van der Waals surface area contributed by atoms with Gasteiger partial charge < -0.3 is 10.2 Å². The van der Waals surface area contributed by atoms with Gasteiger partial charge in [0.15, 0.2) is 5.17 Å². The van der Waals surface area contributed by atoms with Gasteiger partial charge in [-0.25, -0.2) is 4.99 Å². The first kappa shape index (κ1) is 25.0. The van der Waals surface area contributed by atoms with Gasteiger partial charge in [0, 0.05) is 18.5 Å². The van der Waals surface area contributed by atoms with E-state index in [1.54, 1.807) is 28.8 Å². The Morgan fingerprint density at radius 1 is 1.03 bits per heavy atom. The Kier molecular flexibility index (Phi) is 7.54. The minimum Gasteiger partial charge on any atom is -0.383 e. The zero-order chi connectivity index (χ0) is 25.8. The zero-order valence-corrected chi connectivity index (χ0v) is 22.4. The first-order valence-electron chi connectivity index (χ1n) is 12.2. The van der Waals surface area contributed by atoms with Crippen LogP contribution in [0.1, 0.15) is 30.9 Å². The van der Waals surface area contributed by atoms with Crippen LogP contribution in [-0.2, 0) is 11.3 Å². The van der Waals surface area contributed by atoms with Gasteiger partial charge in [-0.2, -0.15) is 5.26 Å². The average Bonchev–Trinajstić information content (AvgIpc) is 3.41. The number of nitrogens with zero attached hydrogens (tertiary/aromatic N) is 4. The van der Waals surface area contributed by atoms with Crippen LogP contribution in [0.15, 0.2) is 92.6 Å². The number of rotatable bonds is 7. The van der Waals surface area contributed by atoms with Crippen molar-refractivity contribution in [2.75, 3.05) is 23.8 Å². The van der Waals surface area contributed by atoms with Gasteiger partial charge in [-0.3, -0.25) is 9.69 Å². The molecule has 2 aliphatic heterocycles. The van der Waals surface area contributed by atoms with E-state index < -0.39 is 0 Å². The highest BCUT2D eigenvalue weighted by atomic mass is 32.2. The fourth-order valence-corrected chi connectivity index (χ4v) is 6.51. The summed E-state index contributed by atoms with van der Waals surface area (Å²) in [6.07, 6.45) is 2.11. The standard InChI is InChI=1S/C29H27N5OS2/c1-3-4-16-31-22-15-14-21(18-30)17-23(22)32-29-34(19-20-10-6-5-7-11-20)27(35)26(37-29)28-33(2)24-12-8-9-13-25(24)36-28/h5-15,17,31H,3-4,16,19H2,1-2H3/b28-26-,32-29?. The lowest BCUT2D eigenvalue weighted by Crippen LogP contribution is -2.29. The predicted molar refractivity (Wildman–Crippen MR) is 154 cm³/mol. The minimum absolute atomic E-state index is 0.0633. The summed E-state index contributed by atoms with van der Waals surface area (Å²) in [6.45, 7) is 3.38. The van der Waals surface area contributed by atoms with Crippen LogP contribution in [0, 0.1) is 11.3 Å². The number of nitrogens with one attached hydrogen (secondary N) is 1. The minimum atomic E-state index is -0.0633. The highest BCUT2D eigenvalue weighted by Crippen LogP contribution is 2.50. The van der Waals surface area contributed by atoms with Gasteiger partial charge in [-0.05, 0) is 54.1 Å². The van der Waals surface area contributed by atoms with Crippen molar-refractivity contribution >= 4 is 51.7 Å². The number of aliphatic imine (C=N–C) groups is 1. The molecule has 8 heteroatoms. The van der Waals surface area contributed by atoms with Gasteiger partial charge in [0.05, 0.1) is 40.3 Å². The molecule has 37 heavy (non-hydrogen) atoms. The Bertz CT molecular complexity index is 1430. The smallest absolute Gasteiger partial charge is 0.269 e. The lowest BCUT2D eigenvalue weighted by molar-refractivity contribution is -0.122. The van der Waals surface area contributed by atoms with E-state index in [1.807, 2.05) is 55.6 Å². The average molecular weight is 526 g/mol. The highest BCUT2D eigenvalue weighted by Gasteiger charge is 2.39. The Labute approximate surface area is 226 Å². The summed E-state index contributed by atoms with van der Waals surface area (Å²) in [5.41, 5.74) is 4.16. The maximum absolute atomic E-state index is 13.9. The molecule has 0 spiro atoms. The molecule has 0 radical (unpaired) electrons. The molecular weight excluding hydrogens is 498 g/mol. The molecule has 6 nitrogen and oxygen atoms in total. The van der Waals surface area contributed by atoms with Crippen molar-refractivity contribution in [1.82, 2.24) is 4.90 Å². The molecule has 1 amide bonds. The molecule has 0 unspecified atom stereocenters. The first-order chi connectivity index (χ1) is 18.1. The van der Waals surface area contributed by atoms with Crippen molar-refractivity contribution in [2.24, 2.45) is 4.99 Å². The second-order valence-corrected chi connectivity index (χ2v) is 10.8. The first-order valence-corrected chi connectivity index (χ1v) is 13.9. The van der Waals surface area contributed by atoms with E-state index in [2.05, 4.69) is 35.3 Å². The number of amides is 1. The SMILES string of the molecule is CCCCNc1ccc(C#N)cc1N=C1S/C(=C2\Sc3ccccc3N2C)C(=O)N1Cc1ccccc1. The molecule has 1 saturated heterocycles. The van der Waals surface area contributed by atoms with Gasteiger partial charge in [0.1, 0.15) is 4.91 Å². The second-order valence-electron chi connectivity index (χ2n) is 8.76. The molecule has 3 aromatic rings. The number of benzene rings is 3. The number of thioether (sulfide) groups is 2. The summed E-state index contributed by atoms with van der Waals surface area (Å²) < 4.78 is 0. The molecule has 0 saturated carbocycles. The number of anilines is 2. The van der Waals surface area contributed by atoms with Crippen molar-refractivity contribution in [1.29, 1.82) is 5.26 Å². The fourth-order valence-electron chi connectivity index (χ4n) is 4.17. The van der Waals surface area contributed by atoms with Gasteiger partial charge in [0.25, 0.3) is 5.91 Å². The monoisotopic (exact) mass is 525 g/mol. The van der Waals surface area contributed by atoms with Gasteiger partial charge >= 0.3 is 0 Å². The van der Waals surface area contributed by atoms with Gasteiger partial charge in [-0.1, -0.05) is 67.6 Å². The fraction of sp³-hybridized carbons (Fsp3) is 0.207. The van der Waals surface area contributed by atoms with Crippen molar-refractivity contribution < 1.29 is 4.79 Å². The van der Waals surface area contributed by atoms with E-state index in [9.17, 15) is 10.1 Å². The van der Waals surface area contributed by atoms with Crippen LogP contribution in [0.3, 0.4) is 0 Å². The maximum atomic E-state index is 13.9. The molecule has 0 atom stereocenters. The Morgan fingerprint density at radius 2 is 1.81 bits per heavy atom. The topological polar surface area (TPSA) is 71.7 Å². The van der Waals surface area contributed by atoms with E-state index >= 15 is 0 Å².